The fourth-order valence-corrected chi connectivity index (χ4v) is 5.73. The third-order valence-corrected chi connectivity index (χ3v) is 7.02. The molecule has 0 spiro atoms. The Morgan fingerprint density at radius 2 is 1.91 bits per heavy atom. The fraction of sp³-hybridized carbons (Fsp3) is 0.565. The smallest absolute Gasteiger partial charge is 0.404 e. The lowest BCUT2D eigenvalue weighted by Crippen LogP contribution is -2.51. The Kier molecular flexibility index (Phi) is 4.87. The molecular formula is C23H31N7O2. The second-order valence-electron chi connectivity index (χ2n) is 10.3. The molecule has 2 aliphatic rings. The molecule has 3 atom stereocenters. The molecule has 1 saturated carbocycles. The molecule has 2 fully saturated rings. The Bertz CT molecular complexity index is 1130. The largest absolute Gasteiger partial charge is 0.446 e. The summed E-state index contributed by atoms with van der Waals surface area (Å²) in [6.45, 7) is 8.13. The van der Waals surface area contributed by atoms with Gasteiger partial charge >= 0.3 is 6.09 Å². The van der Waals surface area contributed by atoms with Crippen molar-refractivity contribution in [3.8, 4) is 11.3 Å². The van der Waals surface area contributed by atoms with Gasteiger partial charge in [0, 0.05) is 37.8 Å². The fourth-order valence-electron chi connectivity index (χ4n) is 5.73. The molecule has 9 heteroatoms. The summed E-state index contributed by atoms with van der Waals surface area (Å²) in [6, 6.07) is 2.01. The molecule has 0 aromatic carbocycles. The number of carbonyl (C=O) groups excluding carboxylic acids is 1. The van der Waals surface area contributed by atoms with E-state index in [1.165, 1.54) is 0 Å². The van der Waals surface area contributed by atoms with Crippen LogP contribution in [0, 0.1) is 23.2 Å². The number of rotatable bonds is 4. The second-order valence-corrected chi connectivity index (χ2v) is 10.3. The van der Waals surface area contributed by atoms with Gasteiger partial charge in [0.15, 0.2) is 5.82 Å². The van der Waals surface area contributed by atoms with Gasteiger partial charge in [0.1, 0.15) is 11.6 Å². The highest BCUT2D eigenvalue weighted by atomic mass is 16.6. The number of nitrogens with two attached hydrogens (primary N) is 1. The number of aromatic nitrogens is 5. The van der Waals surface area contributed by atoms with Crippen molar-refractivity contribution in [3.63, 3.8) is 0 Å². The molecule has 4 heterocycles. The Balaban J connectivity index is 1.48. The zero-order valence-electron chi connectivity index (χ0n) is 19.1. The van der Waals surface area contributed by atoms with Crippen LogP contribution in [0.5, 0.6) is 0 Å². The molecule has 5 rings (SSSR count). The highest BCUT2D eigenvalue weighted by Gasteiger charge is 2.50. The molecule has 9 nitrogen and oxygen atoms in total. The summed E-state index contributed by atoms with van der Waals surface area (Å²) in [7, 11) is 1.90. The predicted molar refractivity (Wildman–Crippen MR) is 121 cm³/mol. The van der Waals surface area contributed by atoms with Gasteiger partial charge in [-0.25, -0.2) is 14.3 Å². The van der Waals surface area contributed by atoms with E-state index < -0.39 is 6.09 Å². The van der Waals surface area contributed by atoms with Crippen LogP contribution in [0.2, 0.25) is 0 Å². The molecule has 0 radical (unpaired) electrons. The first-order chi connectivity index (χ1) is 15.2. The molecule has 32 heavy (non-hydrogen) atoms. The first-order valence-corrected chi connectivity index (χ1v) is 11.2. The van der Waals surface area contributed by atoms with Crippen LogP contribution in [-0.4, -0.2) is 49.7 Å². The number of nitrogens with zero attached hydrogens (tertiary/aromatic N) is 6. The number of carbonyl (C=O) groups is 1. The molecular weight excluding hydrogens is 406 g/mol. The van der Waals surface area contributed by atoms with E-state index in [0.29, 0.717) is 17.8 Å². The van der Waals surface area contributed by atoms with Crippen LogP contribution in [0.1, 0.15) is 33.6 Å². The van der Waals surface area contributed by atoms with Crippen molar-refractivity contribution in [1.82, 2.24) is 24.4 Å². The molecule has 1 aliphatic carbocycles. The molecule has 1 amide bonds. The van der Waals surface area contributed by atoms with Crippen molar-refractivity contribution in [2.45, 2.75) is 39.7 Å². The van der Waals surface area contributed by atoms with Crippen LogP contribution in [-0.2, 0) is 11.8 Å². The van der Waals surface area contributed by atoms with E-state index in [1.807, 2.05) is 42.4 Å². The minimum Gasteiger partial charge on any atom is -0.446 e. The monoisotopic (exact) mass is 437 g/mol. The van der Waals surface area contributed by atoms with Crippen molar-refractivity contribution < 1.29 is 9.53 Å². The van der Waals surface area contributed by atoms with Gasteiger partial charge < -0.3 is 15.4 Å². The van der Waals surface area contributed by atoms with Gasteiger partial charge in [-0.3, -0.25) is 4.68 Å². The van der Waals surface area contributed by atoms with E-state index in [-0.39, 0.29) is 11.5 Å². The van der Waals surface area contributed by atoms with Gasteiger partial charge in [0.25, 0.3) is 0 Å². The molecule has 2 bridgehead atoms. The molecule has 170 valence electrons. The Labute approximate surface area is 187 Å². The summed E-state index contributed by atoms with van der Waals surface area (Å²) in [6.07, 6.45) is 8.93. The van der Waals surface area contributed by atoms with Gasteiger partial charge in [0.05, 0.1) is 24.3 Å². The highest BCUT2D eigenvalue weighted by molar-refractivity contribution is 5.73. The van der Waals surface area contributed by atoms with Gasteiger partial charge in [-0.05, 0) is 36.2 Å². The first kappa shape index (κ1) is 20.8. The van der Waals surface area contributed by atoms with Gasteiger partial charge in [-0.1, -0.05) is 20.8 Å². The van der Waals surface area contributed by atoms with Crippen LogP contribution >= 0.6 is 0 Å². The highest BCUT2D eigenvalue weighted by Crippen LogP contribution is 2.49. The van der Waals surface area contributed by atoms with Crippen LogP contribution in [0.15, 0.2) is 30.9 Å². The number of ether oxygens (including phenoxy) is 1. The average Bonchev–Trinajstić information content (AvgIpc) is 3.42. The normalized spacial score (nSPS) is 24.1. The van der Waals surface area contributed by atoms with E-state index in [9.17, 15) is 4.79 Å². The minimum absolute atomic E-state index is 0.167. The van der Waals surface area contributed by atoms with Crippen molar-refractivity contribution in [2.75, 3.05) is 18.0 Å². The second kappa shape index (κ2) is 7.50. The predicted octanol–water partition coefficient (Wildman–Crippen LogP) is 3.10. The molecule has 3 aromatic rings. The van der Waals surface area contributed by atoms with Crippen molar-refractivity contribution in [3.05, 3.63) is 30.9 Å². The number of aryl methyl sites for hydroxylation is 1. The van der Waals surface area contributed by atoms with Crippen molar-refractivity contribution in [1.29, 1.82) is 0 Å². The maximum absolute atomic E-state index is 11.7. The lowest BCUT2D eigenvalue weighted by molar-refractivity contribution is -0.0334. The summed E-state index contributed by atoms with van der Waals surface area (Å²) >= 11 is 0. The Morgan fingerprint density at radius 1 is 1.19 bits per heavy atom. The maximum Gasteiger partial charge on any atom is 0.404 e. The lowest BCUT2D eigenvalue weighted by atomic mass is 9.71. The zero-order valence-corrected chi connectivity index (χ0v) is 19.1. The minimum atomic E-state index is -0.682. The third kappa shape index (κ3) is 3.59. The topological polar surface area (TPSA) is 104 Å². The quantitative estimate of drug-likeness (QED) is 0.673. The summed E-state index contributed by atoms with van der Waals surface area (Å²) < 4.78 is 9.37. The number of anilines is 1. The third-order valence-electron chi connectivity index (χ3n) is 7.02. The maximum atomic E-state index is 11.7. The van der Waals surface area contributed by atoms with Crippen LogP contribution in [0.25, 0.3) is 16.8 Å². The summed E-state index contributed by atoms with van der Waals surface area (Å²) in [5.41, 5.74) is 8.10. The van der Waals surface area contributed by atoms with E-state index in [2.05, 4.69) is 35.9 Å². The van der Waals surface area contributed by atoms with Crippen molar-refractivity contribution in [2.24, 2.45) is 36.0 Å². The van der Waals surface area contributed by atoms with Crippen molar-refractivity contribution >= 4 is 17.4 Å². The molecule has 2 N–H and O–H groups in total. The Morgan fingerprint density at radius 3 is 2.50 bits per heavy atom. The molecule has 3 unspecified atom stereocenters. The average molecular weight is 438 g/mol. The van der Waals surface area contributed by atoms with Crippen LogP contribution < -0.4 is 10.6 Å². The molecule has 3 aromatic heterocycles. The standard InChI is InChI=1S/C23H31N7O2/c1-23(2,3)20(32-22(24)31)19-14-5-6-15(19)12-29(11-14)21-18-7-8-25-30(18)13-17(27-21)16-9-26-28(4)10-16/h7-10,13-15,19-20H,5-6,11-12H2,1-4H3,(H2,24,31). The van der Waals surface area contributed by atoms with E-state index >= 15 is 0 Å². The zero-order chi connectivity index (χ0) is 22.6. The van der Waals surface area contributed by atoms with Crippen LogP contribution in [0.3, 0.4) is 0 Å². The van der Waals surface area contributed by atoms with Crippen LogP contribution in [0.4, 0.5) is 10.6 Å². The summed E-state index contributed by atoms with van der Waals surface area (Å²) in [5, 5.41) is 8.78. The lowest BCUT2D eigenvalue weighted by Gasteiger charge is -2.45. The van der Waals surface area contributed by atoms with E-state index in [1.54, 1.807) is 4.68 Å². The van der Waals surface area contributed by atoms with Gasteiger partial charge in [-0.15, -0.1) is 0 Å². The van der Waals surface area contributed by atoms with Gasteiger partial charge in [0.2, 0.25) is 0 Å². The van der Waals surface area contributed by atoms with Gasteiger partial charge in [-0.2, -0.15) is 10.2 Å². The number of amides is 1. The molecule has 1 aliphatic heterocycles. The first-order valence-electron chi connectivity index (χ1n) is 11.2. The molecule has 1 saturated heterocycles. The number of hydrogen-bond donors (Lipinski definition) is 1. The SMILES string of the molecule is Cn1cc(-c2cn3nccc3c(N3CC4CCC(C3)C4C(OC(N)=O)C(C)(C)C)n2)cn1. The number of hydrogen-bond acceptors (Lipinski definition) is 6. The number of primary amides is 1. The number of piperidine rings is 1. The van der Waals surface area contributed by atoms with E-state index in [4.69, 9.17) is 15.5 Å². The summed E-state index contributed by atoms with van der Waals surface area (Å²) in [4.78, 5) is 19.1. The number of fused-ring (bicyclic) bond motifs is 3. The summed E-state index contributed by atoms with van der Waals surface area (Å²) in [5.74, 6) is 2.09. The van der Waals surface area contributed by atoms with E-state index in [0.717, 1.165) is 48.5 Å². The Hall–Kier alpha value is -3.10.